The Morgan fingerprint density at radius 1 is 0.955 bits per heavy atom. The molecule has 0 spiro atoms. The molecule has 0 radical (unpaired) electrons. The van der Waals surface area contributed by atoms with Crippen LogP contribution >= 0.6 is 15.9 Å². The Morgan fingerprint density at radius 2 is 1.73 bits per heavy atom. The molecule has 0 fully saturated rings. The van der Waals surface area contributed by atoms with Crippen molar-refractivity contribution in [3.8, 4) is 0 Å². The van der Waals surface area contributed by atoms with E-state index < -0.39 is 0 Å². The van der Waals surface area contributed by atoms with E-state index in [0.29, 0.717) is 6.42 Å². The van der Waals surface area contributed by atoms with Crippen molar-refractivity contribution in [2.75, 3.05) is 5.32 Å². The SMILES string of the molecule is O=C(CCc1cccc2ccccc12)Nc1cccc(Br)c1. The van der Waals surface area contributed by atoms with Gasteiger partial charge in [-0.2, -0.15) is 0 Å². The van der Waals surface area contributed by atoms with Crippen LogP contribution in [0.4, 0.5) is 5.69 Å². The molecule has 0 bridgehead atoms. The van der Waals surface area contributed by atoms with Gasteiger partial charge in [-0.05, 0) is 41.0 Å². The lowest BCUT2D eigenvalue weighted by Gasteiger charge is -2.08. The van der Waals surface area contributed by atoms with Crippen LogP contribution in [0.15, 0.2) is 71.2 Å². The molecule has 22 heavy (non-hydrogen) atoms. The smallest absolute Gasteiger partial charge is 0.224 e. The van der Waals surface area contributed by atoms with Crippen LogP contribution < -0.4 is 5.32 Å². The van der Waals surface area contributed by atoms with Crippen LogP contribution in [0.3, 0.4) is 0 Å². The average molecular weight is 354 g/mol. The van der Waals surface area contributed by atoms with Crippen LogP contribution in [-0.2, 0) is 11.2 Å². The predicted molar refractivity (Wildman–Crippen MR) is 95.0 cm³/mol. The summed E-state index contributed by atoms with van der Waals surface area (Å²) in [6, 6.07) is 22.1. The minimum Gasteiger partial charge on any atom is -0.326 e. The Hall–Kier alpha value is -2.13. The zero-order valence-corrected chi connectivity index (χ0v) is 13.6. The van der Waals surface area contributed by atoms with Crippen LogP contribution in [-0.4, -0.2) is 5.91 Å². The van der Waals surface area contributed by atoms with Crippen molar-refractivity contribution in [3.05, 3.63) is 76.8 Å². The van der Waals surface area contributed by atoms with E-state index in [-0.39, 0.29) is 5.91 Å². The number of fused-ring (bicyclic) bond motifs is 1. The molecular formula is C19H16BrNO. The van der Waals surface area contributed by atoms with Gasteiger partial charge in [-0.25, -0.2) is 0 Å². The molecule has 0 unspecified atom stereocenters. The molecule has 0 saturated heterocycles. The summed E-state index contributed by atoms with van der Waals surface area (Å²) >= 11 is 3.40. The molecule has 0 aliphatic heterocycles. The van der Waals surface area contributed by atoms with E-state index in [1.807, 2.05) is 42.5 Å². The molecule has 2 nitrogen and oxygen atoms in total. The molecule has 3 aromatic rings. The molecule has 1 amide bonds. The zero-order valence-electron chi connectivity index (χ0n) is 12.1. The second-order valence-corrected chi connectivity index (χ2v) is 6.11. The van der Waals surface area contributed by atoms with Crippen LogP contribution in [0.1, 0.15) is 12.0 Å². The van der Waals surface area contributed by atoms with Gasteiger partial charge in [-0.3, -0.25) is 4.79 Å². The number of hydrogen-bond acceptors (Lipinski definition) is 1. The summed E-state index contributed by atoms with van der Waals surface area (Å²) in [6.45, 7) is 0. The maximum absolute atomic E-state index is 12.1. The van der Waals surface area contributed by atoms with Crippen molar-refractivity contribution in [1.29, 1.82) is 0 Å². The Labute approximate surface area is 138 Å². The first-order chi connectivity index (χ1) is 10.7. The number of anilines is 1. The number of amides is 1. The predicted octanol–water partition coefficient (Wildman–Crippen LogP) is 5.17. The lowest BCUT2D eigenvalue weighted by atomic mass is 10.0. The van der Waals surface area contributed by atoms with E-state index in [2.05, 4.69) is 45.5 Å². The fourth-order valence-corrected chi connectivity index (χ4v) is 2.95. The van der Waals surface area contributed by atoms with Gasteiger partial charge in [0.05, 0.1) is 0 Å². The highest BCUT2D eigenvalue weighted by Crippen LogP contribution is 2.20. The summed E-state index contributed by atoms with van der Waals surface area (Å²) in [6.07, 6.45) is 1.21. The average Bonchev–Trinajstić information content (AvgIpc) is 2.53. The maximum Gasteiger partial charge on any atom is 0.224 e. The van der Waals surface area contributed by atoms with Gasteiger partial charge >= 0.3 is 0 Å². The first kappa shape index (κ1) is 14.8. The fraction of sp³-hybridized carbons (Fsp3) is 0.105. The molecule has 3 aromatic carbocycles. The number of carbonyl (C=O) groups is 1. The first-order valence-electron chi connectivity index (χ1n) is 7.24. The Morgan fingerprint density at radius 3 is 2.59 bits per heavy atom. The zero-order chi connectivity index (χ0) is 15.4. The molecular weight excluding hydrogens is 338 g/mol. The molecule has 0 atom stereocenters. The molecule has 0 aliphatic rings. The monoisotopic (exact) mass is 353 g/mol. The number of hydrogen-bond donors (Lipinski definition) is 1. The summed E-state index contributed by atoms with van der Waals surface area (Å²) in [7, 11) is 0. The number of rotatable bonds is 4. The fourth-order valence-electron chi connectivity index (χ4n) is 2.55. The van der Waals surface area contributed by atoms with Crippen molar-refractivity contribution in [2.45, 2.75) is 12.8 Å². The van der Waals surface area contributed by atoms with E-state index in [4.69, 9.17) is 0 Å². The molecule has 3 rings (SSSR count). The van der Waals surface area contributed by atoms with E-state index >= 15 is 0 Å². The lowest BCUT2D eigenvalue weighted by molar-refractivity contribution is -0.116. The van der Waals surface area contributed by atoms with E-state index in [1.54, 1.807) is 0 Å². The van der Waals surface area contributed by atoms with Gasteiger partial charge in [0, 0.05) is 16.6 Å². The first-order valence-corrected chi connectivity index (χ1v) is 8.04. The van der Waals surface area contributed by atoms with E-state index in [1.165, 1.54) is 16.3 Å². The van der Waals surface area contributed by atoms with Crippen molar-refractivity contribution in [1.82, 2.24) is 0 Å². The standard InChI is InChI=1S/C19H16BrNO/c20-16-8-4-9-17(13-16)21-19(22)12-11-15-7-3-6-14-5-1-2-10-18(14)15/h1-10,13H,11-12H2,(H,21,22). The minimum atomic E-state index is 0.0334. The second kappa shape index (κ2) is 6.75. The van der Waals surface area contributed by atoms with Gasteiger partial charge in [0.15, 0.2) is 0 Å². The molecule has 1 N–H and O–H groups in total. The van der Waals surface area contributed by atoms with E-state index in [0.717, 1.165) is 16.6 Å². The third-order valence-corrected chi connectivity index (χ3v) is 4.10. The van der Waals surface area contributed by atoms with Crippen molar-refractivity contribution >= 4 is 38.3 Å². The summed E-state index contributed by atoms with van der Waals surface area (Å²) in [5.74, 6) is 0.0334. The van der Waals surface area contributed by atoms with Gasteiger partial charge in [-0.15, -0.1) is 0 Å². The third kappa shape index (κ3) is 3.55. The van der Waals surface area contributed by atoms with Gasteiger partial charge in [-0.1, -0.05) is 64.5 Å². The van der Waals surface area contributed by atoms with Crippen LogP contribution in [0.2, 0.25) is 0 Å². The number of nitrogens with one attached hydrogen (secondary N) is 1. The molecule has 110 valence electrons. The number of benzene rings is 3. The van der Waals surface area contributed by atoms with Crippen LogP contribution in [0.5, 0.6) is 0 Å². The number of halogens is 1. The number of carbonyl (C=O) groups excluding carboxylic acids is 1. The van der Waals surface area contributed by atoms with Crippen molar-refractivity contribution in [3.63, 3.8) is 0 Å². The van der Waals surface area contributed by atoms with Gasteiger partial charge < -0.3 is 5.32 Å². The second-order valence-electron chi connectivity index (χ2n) is 5.20. The molecule has 0 aliphatic carbocycles. The normalized spacial score (nSPS) is 10.6. The van der Waals surface area contributed by atoms with Crippen LogP contribution in [0.25, 0.3) is 10.8 Å². The topological polar surface area (TPSA) is 29.1 Å². The highest BCUT2D eigenvalue weighted by Gasteiger charge is 2.06. The molecule has 0 aromatic heterocycles. The lowest BCUT2D eigenvalue weighted by Crippen LogP contribution is -2.12. The summed E-state index contributed by atoms with van der Waals surface area (Å²) in [5, 5.41) is 5.37. The largest absolute Gasteiger partial charge is 0.326 e. The summed E-state index contributed by atoms with van der Waals surface area (Å²) < 4.78 is 0.958. The Balaban J connectivity index is 1.68. The maximum atomic E-state index is 12.1. The molecule has 0 heterocycles. The third-order valence-electron chi connectivity index (χ3n) is 3.61. The Kier molecular flexibility index (Phi) is 4.54. The number of aryl methyl sites for hydroxylation is 1. The van der Waals surface area contributed by atoms with Crippen LogP contribution in [0, 0.1) is 0 Å². The summed E-state index contributed by atoms with van der Waals surface area (Å²) in [5.41, 5.74) is 2.03. The van der Waals surface area contributed by atoms with Crippen molar-refractivity contribution in [2.24, 2.45) is 0 Å². The van der Waals surface area contributed by atoms with Gasteiger partial charge in [0.25, 0.3) is 0 Å². The summed E-state index contributed by atoms with van der Waals surface area (Å²) in [4.78, 5) is 12.1. The van der Waals surface area contributed by atoms with E-state index in [9.17, 15) is 4.79 Å². The quantitative estimate of drug-likeness (QED) is 0.688. The minimum absolute atomic E-state index is 0.0334. The highest BCUT2D eigenvalue weighted by molar-refractivity contribution is 9.10. The molecule has 0 saturated carbocycles. The highest BCUT2D eigenvalue weighted by atomic mass is 79.9. The van der Waals surface area contributed by atoms with Gasteiger partial charge in [0.1, 0.15) is 0 Å². The Bertz CT molecular complexity index is 808. The van der Waals surface area contributed by atoms with Gasteiger partial charge in [0.2, 0.25) is 5.91 Å². The van der Waals surface area contributed by atoms with Crippen molar-refractivity contribution < 1.29 is 4.79 Å². The molecule has 3 heteroatoms.